The fraction of sp³-hybridized carbons (Fsp3) is 0.435. The monoisotopic (exact) mass is 397 g/mol. The van der Waals surface area contributed by atoms with Crippen LogP contribution in [-0.4, -0.2) is 64.5 Å². The summed E-state index contributed by atoms with van der Waals surface area (Å²) in [7, 11) is 5.41. The number of anilines is 1. The third kappa shape index (κ3) is 5.56. The Morgan fingerprint density at radius 2 is 1.93 bits per heavy atom. The van der Waals surface area contributed by atoms with Crippen LogP contribution < -0.4 is 10.2 Å². The Labute approximate surface area is 173 Å². The SMILES string of the molecule is CNC(=O)c1ccc(N(C)[C@H](CN2CC[C@H](OCOC)C2)c2ccccc2)cc1. The van der Waals surface area contributed by atoms with E-state index in [1.54, 1.807) is 14.2 Å². The van der Waals surface area contributed by atoms with Crippen LogP contribution in [-0.2, 0) is 9.47 Å². The zero-order valence-electron chi connectivity index (χ0n) is 17.5. The van der Waals surface area contributed by atoms with E-state index >= 15 is 0 Å². The van der Waals surface area contributed by atoms with Crippen LogP contribution in [0.4, 0.5) is 5.69 Å². The Morgan fingerprint density at radius 1 is 1.21 bits per heavy atom. The Bertz CT molecular complexity index is 767. The Kier molecular flexibility index (Phi) is 7.63. The lowest BCUT2D eigenvalue weighted by atomic mass is 10.0. The first-order valence-electron chi connectivity index (χ1n) is 10.0. The van der Waals surface area contributed by atoms with Gasteiger partial charge in [-0.25, -0.2) is 0 Å². The second-order valence-electron chi connectivity index (χ2n) is 7.41. The third-order valence-electron chi connectivity index (χ3n) is 5.50. The standard InChI is InChI=1S/C23H31N3O3/c1-24-23(27)19-9-11-20(12-10-19)25(2)22(18-7-5-4-6-8-18)16-26-14-13-21(15-26)29-17-28-3/h4-12,21-22H,13-17H2,1-3H3,(H,24,27)/t21-,22+/m0/s1. The molecule has 3 rings (SSSR count). The molecule has 0 saturated carbocycles. The number of amides is 1. The van der Waals surface area contributed by atoms with Gasteiger partial charge in [-0.15, -0.1) is 0 Å². The highest BCUT2D eigenvalue weighted by atomic mass is 16.7. The van der Waals surface area contributed by atoms with E-state index in [-0.39, 0.29) is 18.1 Å². The smallest absolute Gasteiger partial charge is 0.251 e. The molecule has 1 saturated heterocycles. The van der Waals surface area contributed by atoms with Crippen LogP contribution >= 0.6 is 0 Å². The number of methoxy groups -OCH3 is 1. The molecule has 0 aromatic heterocycles. The van der Waals surface area contributed by atoms with Gasteiger partial charge in [0.1, 0.15) is 6.79 Å². The van der Waals surface area contributed by atoms with Crippen molar-refractivity contribution in [3.63, 3.8) is 0 Å². The first kappa shape index (κ1) is 21.3. The predicted molar refractivity (Wildman–Crippen MR) is 115 cm³/mol. The Balaban J connectivity index is 1.74. The number of ether oxygens (including phenoxy) is 2. The maximum atomic E-state index is 11.8. The maximum Gasteiger partial charge on any atom is 0.251 e. The molecule has 2 aromatic rings. The van der Waals surface area contributed by atoms with Crippen molar-refractivity contribution in [2.75, 3.05) is 52.5 Å². The molecule has 1 aliphatic rings. The molecule has 1 N–H and O–H groups in total. The molecule has 1 fully saturated rings. The number of benzene rings is 2. The molecule has 29 heavy (non-hydrogen) atoms. The van der Waals surface area contributed by atoms with Gasteiger partial charge in [-0.05, 0) is 36.2 Å². The number of nitrogens with zero attached hydrogens (tertiary/aromatic N) is 2. The number of rotatable bonds is 9. The summed E-state index contributed by atoms with van der Waals surface area (Å²) in [6.45, 7) is 3.18. The summed E-state index contributed by atoms with van der Waals surface area (Å²) < 4.78 is 10.8. The molecule has 2 aromatic carbocycles. The zero-order valence-corrected chi connectivity index (χ0v) is 17.5. The van der Waals surface area contributed by atoms with Gasteiger partial charge in [-0.2, -0.15) is 0 Å². The van der Waals surface area contributed by atoms with Crippen molar-refractivity contribution in [1.29, 1.82) is 0 Å². The highest BCUT2D eigenvalue weighted by Crippen LogP contribution is 2.28. The normalized spacial score (nSPS) is 17.8. The summed E-state index contributed by atoms with van der Waals surface area (Å²) in [5.74, 6) is -0.0713. The molecule has 1 aliphatic heterocycles. The van der Waals surface area contributed by atoms with Gasteiger partial charge < -0.3 is 19.7 Å². The molecule has 1 amide bonds. The van der Waals surface area contributed by atoms with Crippen molar-refractivity contribution in [3.8, 4) is 0 Å². The molecule has 2 atom stereocenters. The number of carbonyl (C=O) groups excluding carboxylic acids is 1. The summed E-state index contributed by atoms with van der Waals surface area (Å²) in [4.78, 5) is 16.6. The molecule has 1 heterocycles. The summed E-state index contributed by atoms with van der Waals surface area (Å²) in [5.41, 5.74) is 3.02. The van der Waals surface area contributed by atoms with Gasteiger partial charge in [-0.3, -0.25) is 9.69 Å². The van der Waals surface area contributed by atoms with Gasteiger partial charge in [-0.1, -0.05) is 30.3 Å². The lowest BCUT2D eigenvalue weighted by Crippen LogP contribution is -2.36. The minimum absolute atomic E-state index is 0.0713. The molecule has 6 nitrogen and oxygen atoms in total. The number of likely N-dealkylation sites (N-methyl/N-ethyl adjacent to an activating group) is 1. The van der Waals surface area contributed by atoms with Crippen molar-refractivity contribution in [1.82, 2.24) is 10.2 Å². The number of carbonyl (C=O) groups is 1. The van der Waals surface area contributed by atoms with Crippen molar-refractivity contribution < 1.29 is 14.3 Å². The minimum atomic E-state index is -0.0713. The van der Waals surface area contributed by atoms with Gasteiger partial charge in [0, 0.05) is 52.1 Å². The van der Waals surface area contributed by atoms with E-state index in [4.69, 9.17) is 9.47 Å². The zero-order chi connectivity index (χ0) is 20.6. The molecule has 0 unspecified atom stereocenters. The van der Waals surface area contributed by atoms with Crippen LogP contribution in [0.1, 0.15) is 28.4 Å². The largest absolute Gasteiger partial charge is 0.366 e. The van der Waals surface area contributed by atoms with Crippen molar-refractivity contribution in [2.45, 2.75) is 18.6 Å². The van der Waals surface area contributed by atoms with Crippen LogP contribution in [0, 0.1) is 0 Å². The van der Waals surface area contributed by atoms with Gasteiger partial charge in [0.15, 0.2) is 0 Å². The predicted octanol–water partition coefficient (Wildman–Crippen LogP) is 2.92. The number of likely N-dealkylation sites (tertiary alicyclic amines) is 1. The molecule has 0 bridgehead atoms. The first-order chi connectivity index (χ1) is 14.1. The molecular weight excluding hydrogens is 366 g/mol. The van der Waals surface area contributed by atoms with Gasteiger partial charge in [0.2, 0.25) is 0 Å². The first-order valence-corrected chi connectivity index (χ1v) is 10.0. The average molecular weight is 398 g/mol. The summed E-state index contributed by atoms with van der Waals surface area (Å²) >= 11 is 0. The van der Waals surface area contributed by atoms with Crippen LogP contribution in [0.5, 0.6) is 0 Å². The van der Waals surface area contributed by atoms with E-state index in [1.807, 2.05) is 30.3 Å². The quantitative estimate of drug-likeness (QED) is 0.660. The molecule has 156 valence electrons. The Hall–Kier alpha value is -2.41. The maximum absolute atomic E-state index is 11.8. The second-order valence-corrected chi connectivity index (χ2v) is 7.41. The third-order valence-corrected chi connectivity index (χ3v) is 5.50. The van der Waals surface area contributed by atoms with Crippen LogP contribution in [0.15, 0.2) is 54.6 Å². The van der Waals surface area contributed by atoms with Crippen LogP contribution in [0.3, 0.4) is 0 Å². The second kappa shape index (κ2) is 10.4. The fourth-order valence-electron chi connectivity index (χ4n) is 3.81. The summed E-state index contributed by atoms with van der Waals surface area (Å²) in [5, 5.41) is 2.67. The average Bonchev–Trinajstić information content (AvgIpc) is 3.23. The summed E-state index contributed by atoms with van der Waals surface area (Å²) in [6, 6.07) is 18.5. The highest BCUT2D eigenvalue weighted by molar-refractivity contribution is 5.94. The van der Waals surface area contributed by atoms with E-state index < -0.39 is 0 Å². The lowest BCUT2D eigenvalue weighted by Gasteiger charge is -2.33. The van der Waals surface area contributed by atoms with E-state index in [9.17, 15) is 4.79 Å². The fourth-order valence-corrected chi connectivity index (χ4v) is 3.81. The van der Waals surface area contributed by atoms with Crippen molar-refractivity contribution in [2.24, 2.45) is 0 Å². The molecular formula is C23H31N3O3. The number of nitrogens with one attached hydrogen (secondary N) is 1. The Morgan fingerprint density at radius 3 is 2.59 bits per heavy atom. The molecule has 0 radical (unpaired) electrons. The van der Waals surface area contributed by atoms with Gasteiger partial charge in [0.25, 0.3) is 5.91 Å². The van der Waals surface area contributed by atoms with Crippen molar-refractivity contribution >= 4 is 11.6 Å². The molecule has 6 heteroatoms. The minimum Gasteiger partial charge on any atom is -0.366 e. The number of hydrogen-bond donors (Lipinski definition) is 1. The van der Waals surface area contributed by atoms with Crippen LogP contribution in [0.2, 0.25) is 0 Å². The van der Waals surface area contributed by atoms with Crippen LogP contribution in [0.25, 0.3) is 0 Å². The highest BCUT2D eigenvalue weighted by Gasteiger charge is 2.27. The number of hydrogen-bond acceptors (Lipinski definition) is 5. The van der Waals surface area contributed by atoms with E-state index in [1.165, 1.54) is 5.56 Å². The van der Waals surface area contributed by atoms with E-state index in [0.29, 0.717) is 12.4 Å². The van der Waals surface area contributed by atoms with E-state index in [0.717, 1.165) is 31.7 Å². The van der Waals surface area contributed by atoms with Gasteiger partial charge >= 0.3 is 0 Å². The van der Waals surface area contributed by atoms with E-state index in [2.05, 4.69) is 46.4 Å². The topological polar surface area (TPSA) is 54.0 Å². The molecule has 0 aliphatic carbocycles. The van der Waals surface area contributed by atoms with Crippen molar-refractivity contribution in [3.05, 3.63) is 65.7 Å². The summed E-state index contributed by atoms with van der Waals surface area (Å²) in [6.07, 6.45) is 1.25. The molecule has 0 spiro atoms. The van der Waals surface area contributed by atoms with Gasteiger partial charge in [0.05, 0.1) is 12.1 Å². The lowest BCUT2D eigenvalue weighted by molar-refractivity contribution is -0.0671.